The van der Waals surface area contributed by atoms with Gasteiger partial charge in [0.25, 0.3) is 0 Å². The predicted molar refractivity (Wildman–Crippen MR) is 66.6 cm³/mol. The monoisotopic (exact) mass is 240 g/mol. The van der Waals surface area contributed by atoms with Crippen LogP contribution in [0.5, 0.6) is 0 Å². The minimum atomic E-state index is -0.155. The molecule has 98 valence electrons. The topological polar surface area (TPSA) is 52.6 Å². The number of nitrogens with zero attached hydrogens (tertiary/aromatic N) is 1. The van der Waals surface area contributed by atoms with Gasteiger partial charge in [0.15, 0.2) is 0 Å². The van der Waals surface area contributed by atoms with Gasteiger partial charge in [-0.15, -0.1) is 0 Å². The fourth-order valence-electron chi connectivity index (χ4n) is 2.89. The highest BCUT2D eigenvalue weighted by Gasteiger charge is 2.38. The van der Waals surface area contributed by atoms with Crippen LogP contribution in [-0.4, -0.2) is 48.7 Å². The molecule has 2 N–H and O–H groups in total. The van der Waals surface area contributed by atoms with Gasteiger partial charge in [-0.1, -0.05) is 6.92 Å². The van der Waals surface area contributed by atoms with E-state index in [1.54, 1.807) is 0 Å². The van der Waals surface area contributed by atoms with E-state index in [-0.39, 0.29) is 12.0 Å². The molecular weight excluding hydrogens is 216 g/mol. The molecule has 4 nitrogen and oxygen atoms in total. The number of likely N-dealkylation sites (tertiary alicyclic amines) is 1. The van der Waals surface area contributed by atoms with Crippen LogP contribution in [0.1, 0.15) is 32.6 Å². The fourth-order valence-corrected chi connectivity index (χ4v) is 2.89. The van der Waals surface area contributed by atoms with E-state index in [4.69, 9.17) is 5.11 Å². The number of rotatable bonds is 2. The second-order valence-electron chi connectivity index (χ2n) is 5.73. The van der Waals surface area contributed by atoms with Gasteiger partial charge in [-0.25, -0.2) is 0 Å². The van der Waals surface area contributed by atoms with Crippen molar-refractivity contribution in [2.24, 2.45) is 11.3 Å². The lowest BCUT2D eigenvalue weighted by Gasteiger charge is -2.40. The maximum Gasteiger partial charge on any atom is 0.228 e. The molecule has 0 radical (unpaired) electrons. The van der Waals surface area contributed by atoms with Crippen LogP contribution in [0, 0.1) is 11.3 Å². The Balaban J connectivity index is 1.91. The number of carbonyl (C=O) groups is 1. The molecule has 2 heterocycles. The number of amides is 1. The van der Waals surface area contributed by atoms with Gasteiger partial charge in [-0.2, -0.15) is 0 Å². The summed E-state index contributed by atoms with van der Waals surface area (Å²) in [6.07, 6.45) is 3.81. The van der Waals surface area contributed by atoms with Crippen molar-refractivity contribution in [2.45, 2.75) is 32.6 Å². The van der Waals surface area contributed by atoms with Crippen LogP contribution in [0.15, 0.2) is 0 Å². The molecule has 4 heteroatoms. The highest BCUT2D eigenvalue weighted by atomic mass is 16.3. The second kappa shape index (κ2) is 5.36. The molecule has 1 amide bonds. The van der Waals surface area contributed by atoms with E-state index in [0.717, 1.165) is 51.9 Å². The summed E-state index contributed by atoms with van der Waals surface area (Å²) in [6.45, 7) is 5.93. The first-order chi connectivity index (χ1) is 8.15. The number of aliphatic hydroxyl groups excluding tert-OH is 1. The fraction of sp³-hybridized carbons (Fsp3) is 0.923. The third-order valence-corrected chi connectivity index (χ3v) is 4.38. The summed E-state index contributed by atoms with van der Waals surface area (Å²) in [7, 11) is 0. The van der Waals surface area contributed by atoms with Crippen LogP contribution >= 0.6 is 0 Å². The predicted octanol–water partition coefficient (Wildman–Crippen LogP) is 0.607. The van der Waals surface area contributed by atoms with Gasteiger partial charge in [0.1, 0.15) is 0 Å². The Labute approximate surface area is 103 Å². The Kier molecular flexibility index (Phi) is 4.05. The van der Waals surface area contributed by atoms with Crippen molar-refractivity contribution < 1.29 is 9.90 Å². The van der Waals surface area contributed by atoms with E-state index in [0.29, 0.717) is 11.8 Å². The van der Waals surface area contributed by atoms with Crippen LogP contribution in [0.3, 0.4) is 0 Å². The maximum absolute atomic E-state index is 12.5. The van der Waals surface area contributed by atoms with E-state index in [1.807, 2.05) is 4.90 Å². The molecule has 2 aliphatic rings. The Hall–Kier alpha value is -0.610. The lowest BCUT2D eigenvalue weighted by molar-refractivity contribution is -0.144. The number of aliphatic hydroxyl groups is 1. The average molecular weight is 240 g/mol. The normalized spacial score (nSPS) is 25.9. The molecule has 0 atom stereocenters. The molecule has 0 aromatic rings. The minimum absolute atomic E-state index is 0.155. The van der Waals surface area contributed by atoms with Gasteiger partial charge < -0.3 is 15.3 Å². The lowest BCUT2D eigenvalue weighted by atomic mass is 9.79. The molecule has 0 aromatic heterocycles. The molecule has 2 rings (SSSR count). The largest absolute Gasteiger partial charge is 0.396 e. The van der Waals surface area contributed by atoms with E-state index in [2.05, 4.69) is 12.2 Å². The Bertz CT molecular complexity index is 267. The van der Waals surface area contributed by atoms with E-state index >= 15 is 0 Å². The molecule has 2 fully saturated rings. The SMILES string of the molecule is CC1(C(=O)N2CCC(CO)CC2)CCNCC1. The highest BCUT2D eigenvalue weighted by molar-refractivity contribution is 5.82. The summed E-state index contributed by atoms with van der Waals surface area (Å²) >= 11 is 0. The zero-order valence-electron chi connectivity index (χ0n) is 10.7. The summed E-state index contributed by atoms with van der Waals surface area (Å²) in [4.78, 5) is 14.5. The summed E-state index contributed by atoms with van der Waals surface area (Å²) in [5.41, 5.74) is -0.155. The molecule has 0 unspecified atom stereocenters. The molecule has 2 aliphatic heterocycles. The van der Waals surface area contributed by atoms with Gasteiger partial charge in [-0.05, 0) is 44.7 Å². The van der Waals surface area contributed by atoms with E-state index in [1.165, 1.54) is 0 Å². The first kappa shape index (κ1) is 12.8. The van der Waals surface area contributed by atoms with Gasteiger partial charge >= 0.3 is 0 Å². The molecule has 0 bridgehead atoms. The van der Waals surface area contributed by atoms with Crippen molar-refractivity contribution in [1.82, 2.24) is 10.2 Å². The standard InChI is InChI=1S/C13H24N2O2/c1-13(4-6-14-7-5-13)12(17)15-8-2-11(10-16)3-9-15/h11,14,16H,2-10H2,1H3. The number of nitrogens with one attached hydrogen (secondary N) is 1. The number of piperidine rings is 2. The molecular formula is C13H24N2O2. The minimum Gasteiger partial charge on any atom is -0.396 e. The van der Waals surface area contributed by atoms with Crippen molar-refractivity contribution in [3.63, 3.8) is 0 Å². The number of hydrogen-bond donors (Lipinski definition) is 2. The molecule has 0 spiro atoms. The molecule has 17 heavy (non-hydrogen) atoms. The zero-order valence-corrected chi connectivity index (χ0v) is 10.7. The van der Waals surface area contributed by atoms with Crippen LogP contribution in [0.25, 0.3) is 0 Å². The van der Waals surface area contributed by atoms with E-state index in [9.17, 15) is 4.79 Å². The first-order valence-corrected chi connectivity index (χ1v) is 6.77. The molecule has 0 aromatic carbocycles. The zero-order chi connectivity index (χ0) is 12.3. The lowest BCUT2D eigenvalue weighted by Crippen LogP contribution is -2.50. The Morgan fingerprint density at radius 1 is 1.35 bits per heavy atom. The van der Waals surface area contributed by atoms with Gasteiger partial charge in [0.2, 0.25) is 5.91 Å². The van der Waals surface area contributed by atoms with E-state index < -0.39 is 0 Å². The summed E-state index contributed by atoms with van der Waals surface area (Å²) in [5, 5.41) is 12.4. The number of hydrogen-bond acceptors (Lipinski definition) is 3. The molecule has 2 saturated heterocycles. The van der Waals surface area contributed by atoms with Gasteiger partial charge in [0.05, 0.1) is 0 Å². The van der Waals surface area contributed by atoms with Crippen molar-refractivity contribution in [3.8, 4) is 0 Å². The maximum atomic E-state index is 12.5. The quantitative estimate of drug-likeness (QED) is 0.743. The van der Waals surface area contributed by atoms with Crippen LogP contribution in [0.4, 0.5) is 0 Å². The Morgan fingerprint density at radius 2 is 1.94 bits per heavy atom. The van der Waals surface area contributed by atoms with Gasteiger partial charge in [0, 0.05) is 25.1 Å². The highest BCUT2D eigenvalue weighted by Crippen LogP contribution is 2.32. The van der Waals surface area contributed by atoms with Gasteiger partial charge in [-0.3, -0.25) is 4.79 Å². The van der Waals surface area contributed by atoms with Crippen molar-refractivity contribution in [2.75, 3.05) is 32.8 Å². The molecule has 0 saturated carbocycles. The summed E-state index contributed by atoms with van der Waals surface area (Å²) in [6, 6.07) is 0. The Morgan fingerprint density at radius 3 is 2.47 bits per heavy atom. The number of carbonyl (C=O) groups excluding carboxylic acids is 1. The second-order valence-corrected chi connectivity index (χ2v) is 5.73. The van der Waals surface area contributed by atoms with Crippen molar-refractivity contribution in [1.29, 1.82) is 0 Å². The average Bonchev–Trinajstić information content (AvgIpc) is 2.39. The van der Waals surface area contributed by atoms with Crippen molar-refractivity contribution in [3.05, 3.63) is 0 Å². The summed E-state index contributed by atoms with van der Waals surface area (Å²) < 4.78 is 0. The first-order valence-electron chi connectivity index (χ1n) is 6.77. The van der Waals surface area contributed by atoms with Crippen LogP contribution < -0.4 is 5.32 Å². The van der Waals surface area contributed by atoms with Crippen LogP contribution in [0.2, 0.25) is 0 Å². The smallest absolute Gasteiger partial charge is 0.228 e. The summed E-state index contributed by atoms with van der Waals surface area (Å²) in [5.74, 6) is 0.732. The molecule has 0 aliphatic carbocycles. The third-order valence-electron chi connectivity index (χ3n) is 4.38. The third kappa shape index (κ3) is 2.80. The van der Waals surface area contributed by atoms with Crippen molar-refractivity contribution >= 4 is 5.91 Å². The van der Waals surface area contributed by atoms with Crippen LogP contribution in [-0.2, 0) is 4.79 Å².